The summed E-state index contributed by atoms with van der Waals surface area (Å²) >= 11 is 0. The summed E-state index contributed by atoms with van der Waals surface area (Å²) in [5, 5.41) is 5.69. The Labute approximate surface area is 169 Å². The Balaban J connectivity index is 1.62. The highest BCUT2D eigenvalue weighted by atomic mass is 16.5. The smallest absolute Gasteiger partial charge is 0.255 e. The van der Waals surface area contributed by atoms with Crippen LogP contribution in [0.2, 0.25) is 0 Å². The van der Waals surface area contributed by atoms with Gasteiger partial charge in [0.2, 0.25) is 0 Å². The fraction of sp³-hybridized carbons (Fsp3) is 0.174. The molecule has 3 rings (SSSR count). The zero-order valence-corrected chi connectivity index (χ0v) is 16.4. The number of rotatable bonds is 7. The lowest BCUT2D eigenvalue weighted by Gasteiger charge is -2.14. The number of nitrogens with zero attached hydrogens (tertiary/aromatic N) is 1. The normalized spacial score (nSPS) is 10.4. The summed E-state index contributed by atoms with van der Waals surface area (Å²) in [4.78, 5) is 28.9. The third-order valence-electron chi connectivity index (χ3n) is 4.08. The highest BCUT2D eigenvalue weighted by Gasteiger charge is 2.12. The van der Waals surface area contributed by atoms with Crippen LogP contribution in [0.4, 0.5) is 5.69 Å². The molecule has 0 saturated carbocycles. The lowest BCUT2D eigenvalue weighted by molar-refractivity contribution is 0.0949. The topological polar surface area (TPSA) is 80.3 Å². The van der Waals surface area contributed by atoms with Crippen molar-refractivity contribution in [1.29, 1.82) is 0 Å². The molecule has 0 aliphatic heterocycles. The predicted molar refractivity (Wildman–Crippen MR) is 112 cm³/mol. The van der Waals surface area contributed by atoms with Gasteiger partial charge in [0, 0.05) is 30.1 Å². The molecule has 148 valence electrons. The molecule has 0 atom stereocenters. The molecule has 1 heterocycles. The first-order valence-electron chi connectivity index (χ1n) is 9.37. The number of hydrogen-bond acceptors (Lipinski definition) is 4. The van der Waals surface area contributed by atoms with E-state index >= 15 is 0 Å². The van der Waals surface area contributed by atoms with Gasteiger partial charge in [-0.05, 0) is 61.9 Å². The average Bonchev–Trinajstić information content (AvgIpc) is 2.74. The number of carbonyl (C=O) groups excluding carboxylic acids is 2. The monoisotopic (exact) mass is 389 g/mol. The second-order valence-electron chi connectivity index (χ2n) is 6.74. The zero-order chi connectivity index (χ0) is 20.6. The van der Waals surface area contributed by atoms with E-state index in [1.165, 1.54) is 0 Å². The van der Waals surface area contributed by atoms with Crippen molar-refractivity contribution in [3.63, 3.8) is 0 Å². The van der Waals surface area contributed by atoms with E-state index in [0.717, 1.165) is 5.56 Å². The van der Waals surface area contributed by atoms with Gasteiger partial charge >= 0.3 is 0 Å². The predicted octanol–water partition coefficient (Wildman–Crippen LogP) is 4.05. The SMILES string of the molecule is CC(C)Oc1ccccc1NC(=O)c1ccc(C(=O)NCc2cccnc2)cc1. The van der Waals surface area contributed by atoms with Crippen LogP contribution in [0.3, 0.4) is 0 Å². The number of anilines is 1. The number of para-hydroxylation sites is 2. The summed E-state index contributed by atoms with van der Waals surface area (Å²) in [5.74, 6) is 0.130. The summed E-state index contributed by atoms with van der Waals surface area (Å²) in [6.45, 7) is 4.24. The number of carbonyl (C=O) groups is 2. The van der Waals surface area contributed by atoms with E-state index in [4.69, 9.17) is 4.74 Å². The van der Waals surface area contributed by atoms with Gasteiger partial charge in [-0.1, -0.05) is 18.2 Å². The van der Waals surface area contributed by atoms with E-state index in [1.807, 2.05) is 44.2 Å². The fourth-order valence-corrected chi connectivity index (χ4v) is 2.68. The third-order valence-corrected chi connectivity index (χ3v) is 4.08. The summed E-state index contributed by atoms with van der Waals surface area (Å²) in [6, 6.07) is 17.5. The third kappa shape index (κ3) is 5.65. The van der Waals surface area contributed by atoms with Gasteiger partial charge in [-0.2, -0.15) is 0 Å². The highest BCUT2D eigenvalue weighted by molar-refractivity contribution is 6.05. The Hall–Kier alpha value is -3.67. The number of nitrogens with one attached hydrogen (secondary N) is 2. The van der Waals surface area contributed by atoms with Crippen molar-refractivity contribution in [2.45, 2.75) is 26.5 Å². The zero-order valence-electron chi connectivity index (χ0n) is 16.4. The van der Waals surface area contributed by atoms with Gasteiger partial charge in [-0.25, -0.2) is 0 Å². The van der Waals surface area contributed by atoms with Crippen molar-refractivity contribution in [3.05, 3.63) is 89.7 Å². The standard InChI is InChI=1S/C23H23N3O3/c1-16(2)29-21-8-4-3-7-20(21)26-23(28)19-11-9-18(10-12-19)22(27)25-15-17-6-5-13-24-14-17/h3-14,16H,15H2,1-2H3,(H,25,27)(H,26,28). The van der Waals surface area contributed by atoms with Crippen LogP contribution in [-0.4, -0.2) is 22.9 Å². The first-order valence-corrected chi connectivity index (χ1v) is 9.37. The molecule has 0 aliphatic rings. The van der Waals surface area contributed by atoms with Crippen molar-refractivity contribution >= 4 is 17.5 Å². The summed E-state index contributed by atoms with van der Waals surface area (Å²) < 4.78 is 5.72. The minimum atomic E-state index is -0.271. The van der Waals surface area contributed by atoms with Crippen LogP contribution >= 0.6 is 0 Å². The minimum Gasteiger partial charge on any atom is -0.489 e. The van der Waals surface area contributed by atoms with Crippen LogP contribution in [0.15, 0.2) is 73.1 Å². The fourth-order valence-electron chi connectivity index (χ4n) is 2.68. The van der Waals surface area contributed by atoms with Gasteiger partial charge in [-0.15, -0.1) is 0 Å². The quantitative estimate of drug-likeness (QED) is 0.639. The van der Waals surface area contributed by atoms with Crippen molar-refractivity contribution in [1.82, 2.24) is 10.3 Å². The van der Waals surface area contributed by atoms with Crippen molar-refractivity contribution in [2.24, 2.45) is 0 Å². The van der Waals surface area contributed by atoms with Gasteiger partial charge in [-0.3, -0.25) is 14.6 Å². The van der Waals surface area contributed by atoms with E-state index in [-0.39, 0.29) is 17.9 Å². The molecular weight excluding hydrogens is 366 g/mol. The number of amides is 2. The molecule has 0 aliphatic carbocycles. The van der Waals surface area contributed by atoms with E-state index < -0.39 is 0 Å². The molecule has 3 aromatic rings. The molecule has 6 heteroatoms. The largest absolute Gasteiger partial charge is 0.489 e. The Morgan fingerprint density at radius 3 is 2.28 bits per heavy atom. The molecule has 0 spiro atoms. The number of ether oxygens (including phenoxy) is 1. The molecule has 1 aromatic heterocycles. The Morgan fingerprint density at radius 1 is 0.931 bits per heavy atom. The van der Waals surface area contributed by atoms with Crippen LogP contribution in [0.5, 0.6) is 5.75 Å². The average molecular weight is 389 g/mol. The van der Waals surface area contributed by atoms with Gasteiger partial charge in [0.25, 0.3) is 11.8 Å². The minimum absolute atomic E-state index is 0.00230. The molecule has 29 heavy (non-hydrogen) atoms. The lowest BCUT2D eigenvalue weighted by atomic mass is 10.1. The molecular formula is C23H23N3O3. The maximum absolute atomic E-state index is 12.6. The highest BCUT2D eigenvalue weighted by Crippen LogP contribution is 2.25. The molecule has 6 nitrogen and oxygen atoms in total. The van der Waals surface area contributed by atoms with E-state index in [1.54, 1.807) is 42.7 Å². The second-order valence-corrected chi connectivity index (χ2v) is 6.74. The molecule has 0 bridgehead atoms. The van der Waals surface area contributed by atoms with Crippen molar-refractivity contribution in [3.8, 4) is 5.75 Å². The maximum atomic E-state index is 12.6. The molecule has 0 radical (unpaired) electrons. The van der Waals surface area contributed by atoms with E-state index in [0.29, 0.717) is 29.1 Å². The first kappa shape index (κ1) is 20.1. The summed E-state index contributed by atoms with van der Waals surface area (Å²) in [6.07, 6.45) is 3.38. The van der Waals surface area contributed by atoms with Gasteiger partial charge in [0.05, 0.1) is 11.8 Å². The van der Waals surface area contributed by atoms with Gasteiger partial charge in [0.1, 0.15) is 5.75 Å². The molecule has 2 aromatic carbocycles. The molecule has 0 unspecified atom stereocenters. The van der Waals surface area contributed by atoms with Crippen LogP contribution in [-0.2, 0) is 6.54 Å². The second kappa shape index (κ2) is 9.50. The molecule has 0 saturated heterocycles. The molecule has 0 fully saturated rings. The summed E-state index contributed by atoms with van der Waals surface area (Å²) in [5.41, 5.74) is 2.45. The maximum Gasteiger partial charge on any atom is 0.255 e. The summed E-state index contributed by atoms with van der Waals surface area (Å²) in [7, 11) is 0. The Morgan fingerprint density at radius 2 is 1.62 bits per heavy atom. The van der Waals surface area contributed by atoms with E-state index in [2.05, 4.69) is 15.6 Å². The van der Waals surface area contributed by atoms with Crippen molar-refractivity contribution < 1.29 is 14.3 Å². The Kier molecular flexibility index (Phi) is 6.58. The van der Waals surface area contributed by atoms with Crippen molar-refractivity contribution in [2.75, 3.05) is 5.32 Å². The number of pyridine rings is 1. The number of hydrogen-bond donors (Lipinski definition) is 2. The van der Waals surface area contributed by atoms with Crippen LogP contribution < -0.4 is 15.4 Å². The van der Waals surface area contributed by atoms with Crippen LogP contribution in [0.1, 0.15) is 40.1 Å². The molecule has 2 amide bonds. The van der Waals surface area contributed by atoms with Crippen LogP contribution in [0.25, 0.3) is 0 Å². The number of aromatic nitrogens is 1. The lowest BCUT2D eigenvalue weighted by Crippen LogP contribution is -2.23. The first-order chi connectivity index (χ1) is 14.0. The van der Waals surface area contributed by atoms with Gasteiger partial charge in [0.15, 0.2) is 0 Å². The Bertz CT molecular complexity index is 970. The van der Waals surface area contributed by atoms with Gasteiger partial charge < -0.3 is 15.4 Å². The number of benzene rings is 2. The van der Waals surface area contributed by atoms with E-state index in [9.17, 15) is 9.59 Å². The van der Waals surface area contributed by atoms with Crippen LogP contribution in [0, 0.1) is 0 Å². The molecule has 2 N–H and O–H groups in total.